The lowest BCUT2D eigenvalue weighted by atomic mass is 9.99. The maximum atomic E-state index is 12.7. The lowest BCUT2D eigenvalue weighted by Crippen LogP contribution is -2.26. The van der Waals surface area contributed by atoms with Crippen LogP contribution < -0.4 is 0 Å². The number of amides is 2. The smallest absolute Gasteiger partial charge is 0.416 e. The summed E-state index contributed by atoms with van der Waals surface area (Å²) >= 11 is 0. The fourth-order valence-electron chi connectivity index (χ4n) is 3.16. The number of hydrogen-bond donors (Lipinski definition) is 2. The number of hydrogen-bond acceptors (Lipinski definition) is 3. The van der Waals surface area contributed by atoms with Crippen LogP contribution in [0.1, 0.15) is 11.3 Å². The number of nitrogens with zero attached hydrogens (tertiary/aromatic N) is 2. The van der Waals surface area contributed by atoms with Gasteiger partial charge in [-0.3, -0.25) is 19.1 Å². The Morgan fingerprint density at radius 1 is 1.04 bits per heavy atom. The highest BCUT2D eigenvalue weighted by atomic mass is 16.4. The van der Waals surface area contributed by atoms with Gasteiger partial charge in [0.1, 0.15) is 0 Å². The van der Waals surface area contributed by atoms with Crippen molar-refractivity contribution in [3.05, 3.63) is 60.0 Å². The zero-order valence-electron chi connectivity index (χ0n) is 13.2. The molecule has 2 amide bonds. The topological polar surface area (TPSA) is 95.4 Å². The van der Waals surface area contributed by atoms with Gasteiger partial charge in [0.15, 0.2) is 0 Å². The number of aromatic nitrogens is 2. The average Bonchev–Trinajstić information content (AvgIpc) is 3.29. The van der Waals surface area contributed by atoms with Crippen LogP contribution in [0.5, 0.6) is 0 Å². The first-order valence-corrected chi connectivity index (χ1v) is 7.55. The van der Waals surface area contributed by atoms with Gasteiger partial charge in [0, 0.05) is 30.4 Å². The van der Waals surface area contributed by atoms with Gasteiger partial charge in [-0.15, -0.1) is 0 Å². The number of para-hydroxylation sites is 1. The van der Waals surface area contributed by atoms with Crippen molar-refractivity contribution in [1.82, 2.24) is 14.5 Å². The van der Waals surface area contributed by atoms with Crippen molar-refractivity contribution in [2.45, 2.75) is 0 Å². The summed E-state index contributed by atoms with van der Waals surface area (Å²) in [5.41, 5.74) is 1.84. The number of likely N-dealkylation sites (N-methyl/N-ethyl adjacent to an activating group) is 1. The van der Waals surface area contributed by atoms with Gasteiger partial charge >= 0.3 is 6.09 Å². The first kappa shape index (κ1) is 14.9. The van der Waals surface area contributed by atoms with Gasteiger partial charge < -0.3 is 10.1 Å². The molecule has 2 aromatic heterocycles. The van der Waals surface area contributed by atoms with Crippen molar-refractivity contribution in [2.24, 2.45) is 0 Å². The van der Waals surface area contributed by atoms with Crippen molar-refractivity contribution in [1.29, 1.82) is 0 Å². The van der Waals surface area contributed by atoms with Gasteiger partial charge in [0.05, 0.1) is 22.4 Å². The van der Waals surface area contributed by atoms with E-state index in [4.69, 9.17) is 0 Å². The summed E-state index contributed by atoms with van der Waals surface area (Å²) in [4.78, 5) is 40.8. The van der Waals surface area contributed by atoms with Crippen molar-refractivity contribution < 1.29 is 19.5 Å². The summed E-state index contributed by atoms with van der Waals surface area (Å²) in [6.45, 7) is 0. The van der Waals surface area contributed by atoms with E-state index < -0.39 is 17.9 Å². The Bertz CT molecular complexity index is 1070. The zero-order valence-corrected chi connectivity index (χ0v) is 13.2. The Hall–Kier alpha value is -3.61. The van der Waals surface area contributed by atoms with Gasteiger partial charge in [0.2, 0.25) is 0 Å². The highest BCUT2D eigenvalue weighted by Crippen LogP contribution is 2.38. The molecule has 0 unspecified atom stereocenters. The summed E-state index contributed by atoms with van der Waals surface area (Å²) < 4.78 is 1.06. The maximum Gasteiger partial charge on any atom is 0.416 e. The van der Waals surface area contributed by atoms with Gasteiger partial charge in [-0.05, 0) is 18.2 Å². The molecule has 2 N–H and O–H groups in total. The van der Waals surface area contributed by atoms with Crippen LogP contribution in [-0.4, -0.2) is 44.5 Å². The highest BCUT2D eigenvalue weighted by molar-refractivity contribution is 6.49. The van der Waals surface area contributed by atoms with Crippen LogP contribution in [0.15, 0.2) is 48.8 Å². The Labute approximate surface area is 141 Å². The molecular formula is C18H13N3O4. The molecular weight excluding hydrogens is 322 g/mol. The van der Waals surface area contributed by atoms with Crippen molar-refractivity contribution in [3.63, 3.8) is 0 Å². The number of imide groups is 1. The Morgan fingerprint density at radius 2 is 1.76 bits per heavy atom. The second-order valence-corrected chi connectivity index (χ2v) is 5.72. The van der Waals surface area contributed by atoms with Gasteiger partial charge in [-0.1, -0.05) is 18.2 Å². The Morgan fingerprint density at radius 3 is 2.44 bits per heavy atom. The number of carbonyl (C=O) groups is 3. The maximum absolute atomic E-state index is 12.7. The van der Waals surface area contributed by atoms with E-state index in [0.29, 0.717) is 22.2 Å². The molecule has 0 spiro atoms. The number of aromatic amines is 1. The van der Waals surface area contributed by atoms with Crippen LogP contribution in [0.4, 0.5) is 4.79 Å². The number of rotatable bonds is 2. The first-order chi connectivity index (χ1) is 12.0. The molecule has 124 valence electrons. The minimum Gasteiger partial charge on any atom is -0.464 e. The third-order valence-corrected chi connectivity index (χ3v) is 4.34. The monoisotopic (exact) mass is 335 g/mol. The Kier molecular flexibility index (Phi) is 3.11. The first-order valence-electron chi connectivity index (χ1n) is 7.55. The number of H-pyrrole nitrogens is 1. The molecule has 7 nitrogen and oxygen atoms in total. The molecule has 7 heteroatoms. The van der Waals surface area contributed by atoms with E-state index in [-0.39, 0.29) is 11.1 Å². The quantitative estimate of drug-likeness (QED) is 0.703. The molecule has 0 bridgehead atoms. The van der Waals surface area contributed by atoms with E-state index in [1.165, 1.54) is 13.2 Å². The molecule has 25 heavy (non-hydrogen) atoms. The fourth-order valence-corrected chi connectivity index (χ4v) is 3.16. The van der Waals surface area contributed by atoms with Crippen LogP contribution in [0.2, 0.25) is 0 Å². The number of nitrogens with one attached hydrogen (secondary N) is 1. The van der Waals surface area contributed by atoms with Crippen LogP contribution >= 0.6 is 0 Å². The fraction of sp³-hybridized carbons (Fsp3) is 0.0556. The van der Waals surface area contributed by atoms with Gasteiger partial charge in [-0.25, -0.2) is 4.79 Å². The zero-order chi connectivity index (χ0) is 17.7. The molecule has 1 aliphatic rings. The molecule has 0 atom stereocenters. The van der Waals surface area contributed by atoms with E-state index >= 15 is 0 Å². The molecule has 1 aliphatic heterocycles. The number of benzene rings is 1. The van der Waals surface area contributed by atoms with Gasteiger partial charge in [-0.2, -0.15) is 0 Å². The summed E-state index contributed by atoms with van der Waals surface area (Å²) in [5, 5.41) is 10.0. The molecule has 3 heterocycles. The molecule has 0 saturated heterocycles. The van der Waals surface area contributed by atoms with E-state index in [0.717, 1.165) is 9.47 Å². The van der Waals surface area contributed by atoms with Crippen LogP contribution in [-0.2, 0) is 9.59 Å². The van der Waals surface area contributed by atoms with Crippen LogP contribution in [0.25, 0.3) is 22.0 Å². The molecule has 1 aromatic carbocycles. The van der Waals surface area contributed by atoms with Crippen LogP contribution in [0.3, 0.4) is 0 Å². The van der Waals surface area contributed by atoms with Gasteiger partial charge in [0.25, 0.3) is 11.8 Å². The second kappa shape index (κ2) is 5.20. The number of carboxylic acid groups (broad SMARTS) is 1. The SMILES string of the molecule is CN1C(=O)C(c2ccc[nH]2)=C(c2cn(C(=O)O)c3ccccc23)C1=O. The predicted molar refractivity (Wildman–Crippen MR) is 90.7 cm³/mol. The van der Waals surface area contributed by atoms with Crippen LogP contribution in [0, 0.1) is 0 Å². The standard InChI is InChI=1S/C18H13N3O4/c1-20-16(22)14(15(17(20)23)12-6-4-8-19-12)11-9-21(18(24)25)13-7-3-2-5-10(11)13/h2-9,19H,1H3,(H,24,25). The van der Waals surface area contributed by atoms with E-state index in [1.807, 2.05) is 0 Å². The average molecular weight is 335 g/mol. The van der Waals surface area contributed by atoms with E-state index in [2.05, 4.69) is 4.98 Å². The summed E-state index contributed by atoms with van der Waals surface area (Å²) in [5.74, 6) is -0.877. The van der Waals surface area contributed by atoms with Crippen molar-refractivity contribution in [2.75, 3.05) is 7.05 Å². The lowest BCUT2D eigenvalue weighted by Gasteiger charge is -2.06. The second-order valence-electron chi connectivity index (χ2n) is 5.72. The molecule has 0 aliphatic carbocycles. The predicted octanol–water partition coefficient (Wildman–Crippen LogP) is 2.40. The number of carbonyl (C=O) groups excluding carboxylic acids is 2. The minimum absolute atomic E-state index is 0.200. The lowest BCUT2D eigenvalue weighted by molar-refractivity contribution is -0.134. The third kappa shape index (κ3) is 2.02. The number of fused-ring (bicyclic) bond motifs is 1. The summed E-state index contributed by atoms with van der Waals surface area (Å²) in [6, 6.07) is 10.3. The van der Waals surface area contributed by atoms with E-state index in [9.17, 15) is 19.5 Å². The summed E-state index contributed by atoms with van der Waals surface area (Å²) in [6.07, 6.45) is 1.89. The molecule has 0 radical (unpaired) electrons. The minimum atomic E-state index is -1.16. The largest absolute Gasteiger partial charge is 0.464 e. The molecule has 3 aromatic rings. The van der Waals surface area contributed by atoms with Crippen molar-refractivity contribution in [3.8, 4) is 0 Å². The van der Waals surface area contributed by atoms with Crippen molar-refractivity contribution >= 4 is 40.0 Å². The van der Waals surface area contributed by atoms with E-state index in [1.54, 1.807) is 42.6 Å². The molecule has 0 fully saturated rings. The summed E-state index contributed by atoms with van der Waals surface area (Å²) in [7, 11) is 1.41. The normalized spacial score (nSPS) is 14.8. The molecule has 4 rings (SSSR count). The highest BCUT2D eigenvalue weighted by Gasteiger charge is 2.39. The Balaban J connectivity index is 2.09. The third-order valence-electron chi connectivity index (χ3n) is 4.34. The molecule has 0 saturated carbocycles.